The molecule has 5 rings (SSSR count). The van der Waals surface area contributed by atoms with Gasteiger partial charge in [-0.2, -0.15) is 0 Å². The van der Waals surface area contributed by atoms with Crippen LogP contribution in [0.3, 0.4) is 0 Å². The molecule has 0 unspecified atom stereocenters. The lowest BCUT2D eigenvalue weighted by Gasteiger charge is -2.43. The Morgan fingerprint density at radius 1 is 0.912 bits per heavy atom. The van der Waals surface area contributed by atoms with E-state index in [1.165, 1.54) is 30.4 Å². The van der Waals surface area contributed by atoms with Crippen molar-refractivity contribution in [1.82, 2.24) is 9.80 Å². The molecule has 0 spiro atoms. The number of nitrogens with zero attached hydrogens (tertiary/aromatic N) is 2. The lowest BCUT2D eigenvalue weighted by atomic mass is 9.70. The number of rotatable bonds is 8. The second-order valence-corrected chi connectivity index (χ2v) is 11.8. The highest BCUT2D eigenvalue weighted by molar-refractivity contribution is 5.32. The standard InChI is InChI=1S/C30H42N2O2/c1-29(2)25-14-15-30(3,20-25)28(29)34-22-26(33)21-31-16-18-32(19-17-31)27(23-10-6-4-7-11-23)24-12-8-5-9-13-24/h4-13,25-28,33H,14-22H2,1-3H3/t25-,26-,28-,30+/m1/s1. The zero-order chi connectivity index (χ0) is 23.8. The van der Waals surface area contributed by atoms with Crippen LogP contribution in [-0.2, 0) is 4.74 Å². The molecule has 1 saturated heterocycles. The fourth-order valence-corrected chi connectivity index (χ4v) is 7.32. The molecule has 0 radical (unpaired) electrons. The SMILES string of the molecule is CC1(C)[C@@H]2CC[C@@](C)(C2)[C@@H]1OC[C@H](O)CN1CCN(C(c2ccccc2)c2ccccc2)CC1. The summed E-state index contributed by atoms with van der Waals surface area (Å²) in [6, 6.07) is 21.9. The molecule has 1 N–H and O–H groups in total. The quantitative estimate of drug-likeness (QED) is 0.600. The molecule has 2 aromatic carbocycles. The van der Waals surface area contributed by atoms with E-state index in [-0.39, 0.29) is 17.6 Å². The molecule has 4 heteroatoms. The molecule has 4 nitrogen and oxygen atoms in total. The smallest absolute Gasteiger partial charge is 0.0900 e. The Labute approximate surface area is 205 Å². The number of β-amino-alcohol motifs (C(OH)–C–C–N with tert-alkyl or cyclic N) is 1. The van der Waals surface area contributed by atoms with Gasteiger partial charge in [0.05, 0.1) is 24.9 Å². The molecular formula is C30H42N2O2. The molecule has 184 valence electrons. The minimum Gasteiger partial charge on any atom is -0.389 e. The van der Waals surface area contributed by atoms with E-state index in [0.717, 1.165) is 32.1 Å². The summed E-state index contributed by atoms with van der Waals surface area (Å²) in [5.41, 5.74) is 3.21. The summed E-state index contributed by atoms with van der Waals surface area (Å²) in [5.74, 6) is 0.773. The Balaban J connectivity index is 1.15. The van der Waals surface area contributed by atoms with Gasteiger partial charge >= 0.3 is 0 Å². The van der Waals surface area contributed by atoms with Crippen molar-refractivity contribution in [3.63, 3.8) is 0 Å². The van der Waals surface area contributed by atoms with Crippen LogP contribution in [0.5, 0.6) is 0 Å². The van der Waals surface area contributed by atoms with E-state index in [9.17, 15) is 5.11 Å². The topological polar surface area (TPSA) is 35.9 Å². The first-order valence-corrected chi connectivity index (χ1v) is 13.2. The van der Waals surface area contributed by atoms with Crippen LogP contribution < -0.4 is 0 Å². The molecule has 1 aliphatic heterocycles. The van der Waals surface area contributed by atoms with Gasteiger partial charge in [0.2, 0.25) is 0 Å². The van der Waals surface area contributed by atoms with Gasteiger partial charge in [0, 0.05) is 32.7 Å². The third kappa shape index (κ3) is 4.70. The van der Waals surface area contributed by atoms with Gasteiger partial charge in [0.1, 0.15) is 0 Å². The minimum absolute atomic E-state index is 0.224. The van der Waals surface area contributed by atoms with E-state index in [1.54, 1.807) is 0 Å². The maximum atomic E-state index is 10.8. The van der Waals surface area contributed by atoms with E-state index < -0.39 is 6.10 Å². The largest absolute Gasteiger partial charge is 0.389 e. The van der Waals surface area contributed by atoms with E-state index in [2.05, 4.69) is 91.2 Å². The molecule has 3 aliphatic rings. The number of aliphatic hydroxyl groups excluding tert-OH is 1. The average Bonchev–Trinajstić information content (AvgIpc) is 3.32. The molecule has 2 aliphatic carbocycles. The Kier molecular flexibility index (Phi) is 6.87. The van der Waals surface area contributed by atoms with Crippen LogP contribution in [0.2, 0.25) is 0 Å². The van der Waals surface area contributed by atoms with E-state index in [1.807, 2.05) is 0 Å². The monoisotopic (exact) mass is 462 g/mol. The van der Waals surface area contributed by atoms with Gasteiger partial charge in [-0.1, -0.05) is 81.4 Å². The lowest BCUT2D eigenvalue weighted by Crippen LogP contribution is -2.50. The summed E-state index contributed by atoms with van der Waals surface area (Å²) in [5, 5.41) is 10.8. The molecule has 3 fully saturated rings. The van der Waals surface area contributed by atoms with E-state index in [0.29, 0.717) is 18.6 Å². The fraction of sp³-hybridized carbons (Fsp3) is 0.600. The maximum Gasteiger partial charge on any atom is 0.0900 e. The number of hydrogen-bond donors (Lipinski definition) is 1. The highest BCUT2D eigenvalue weighted by atomic mass is 16.5. The summed E-state index contributed by atoms with van der Waals surface area (Å²) >= 11 is 0. The number of ether oxygens (including phenoxy) is 1. The Morgan fingerprint density at radius 3 is 2.03 bits per heavy atom. The Bertz CT molecular complexity index is 881. The van der Waals surface area contributed by atoms with Crippen molar-refractivity contribution < 1.29 is 9.84 Å². The first kappa shape index (κ1) is 24.0. The summed E-state index contributed by atoms with van der Waals surface area (Å²) in [7, 11) is 0. The number of benzene rings is 2. The highest BCUT2D eigenvalue weighted by Crippen LogP contribution is 2.63. The molecule has 0 amide bonds. The summed E-state index contributed by atoms with van der Waals surface area (Å²) in [4.78, 5) is 4.99. The minimum atomic E-state index is -0.427. The zero-order valence-corrected chi connectivity index (χ0v) is 21.2. The van der Waals surface area contributed by atoms with Crippen molar-refractivity contribution in [1.29, 1.82) is 0 Å². The van der Waals surface area contributed by atoms with Crippen molar-refractivity contribution in [3.8, 4) is 0 Å². The number of fused-ring (bicyclic) bond motifs is 2. The maximum absolute atomic E-state index is 10.8. The van der Waals surface area contributed by atoms with Crippen molar-refractivity contribution in [2.75, 3.05) is 39.3 Å². The molecule has 1 heterocycles. The van der Waals surface area contributed by atoms with Gasteiger partial charge in [0.15, 0.2) is 0 Å². The van der Waals surface area contributed by atoms with E-state index >= 15 is 0 Å². The second kappa shape index (κ2) is 9.73. The van der Waals surface area contributed by atoms with Crippen LogP contribution in [0, 0.1) is 16.7 Å². The van der Waals surface area contributed by atoms with Gasteiger partial charge in [-0.3, -0.25) is 9.80 Å². The normalized spacial score (nSPS) is 30.1. The highest BCUT2D eigenvalue weighted by Gasteiger charge is 2.60. The summed E-state index contributed by atoms with van der Waals surface area (Å²) in [6.45, 7) is 12.2. The predicted octanol–water partition coefficient (Wildman–Crippen LogP) is 4.99. The second-order valence-electron chi connectivity index (χ2n) is 11.8. The average molecular weight is 463 g/mol. The van der Waals surface area contributed by atoms with Crippen LogP contribution >= 0.6 is 0 Å². The zero-order valence-electron chi connectivity index (χ0n) is 21.2. The Hall–Kier alpha value is -1.72. The lowest BCUT2D eigenvalue weighted by molar-refractivity contribution is -0.114. The van der Waals surface area contributed by atoms with Crippen LogP contribution in [0.25, 0.3) is 0 Å². The van der Waals surface area contributed by atoms with Crippen LogP contribution in [-0.4, -0.2) is 66.4 Å². The molecule has 4 atom stereocenters. The Morgan fingerprint density at radius 2 is 1.50 bits per heavy atom. The van der Waals surface area contributed by atoms with E-state index in [4.69, 9.17) is 4.74 Å². The summed E-state index contributed by atoms with van der Waals surface area (Å²) < 4.78 is 6.45. The van der Waals surface area contributed by atoms with Gasteiger partial charge in [-0.05, 0) is 47.1 Å². The number of hydrogen-bond acceptors (Lipinski definition) is 4. The van der Waals surface area contributed by atoms with Crippen LogP contribution in [0.4, 0.5) is 0 Å². The third-order valence-corrected chi connectivity index (χ3v) is 9.06. The molecule has 2 bridgehead atoms. The van der Waals surface area contributed by atoms with Gasteiger partial charge in [-0.15, -0.1) is 0 Å². The van der Waals surface area contributed by atoms with Crippen LogP contribution in [0.1, 0.15) is 57.2 Å². The van der Waals surface area contributed by atoms with Gasteiger partial charge in [0.25, 0.3) is 0 Å². The molecule has 2 aromatic rings. The van der Waals surface area contributed by atoms with Gasteiger partial charge < -0.3 is 9.84 Å². The molecule has 0 aromatic heterocycles. The van der Waals surface area contributed by atoms with Crippen molar-refractivity contribution >= 4 is 0 Å². The van der Waals surface area contributed by atoms with Gasteiger partial charge in [-0.25, -0.2) is 0 Å². The number of aliphatic hydroxyl groups is 1. The summed E-state index contributed by atoms with van der Waals surface area (Å²) in [6.07, 6.45) is 3.73. The first-order chi connectivity index (χ1) is 16.4. The fourth-order valence-electron chi connectivity index (χ4n) is 7.32. The molecular weight excluding hydrogens is 420 g/mol. The molecule has 34 heavy (non-hydrogen) atoms. The first-order valence-electron chi connectivity index (χ1n) is 13.2. The van der Waals surface area contributed by atoms with Crippen molar-refractivity contribution in [2.24, 2.45) is 16.7 Å². The van der Waals surface area contributed by atoms with Crippen LogP contribution in [0.15, 0.2) is 60.7 Å². The third-order valence-electron chi connectivity index (χ3n) is 9.06. The number of piperazine rings is 1. The predicted molar refractivity (Wildman–Crippen MR) is 138 cm³/mol. The van der Waals surface area contributed by atoms with Crippen molar-refractivity contribution in [2.45, 2.75) is 58.3 Å². The molecule has 2 saturated carbocycles. The van der Waals surface area contributed by atoms with Crippen molar-refractivity contribution in [3.05, 3.63) is 71.8 Å².